The van der Waals surface area contributed by atoms with Crippen LogP contribution >= 0.6 is 0 Å². The Balaban J connectivity index is 2.14. The Kier molecular flexibility index (Phi) is 4.64. The molecule has 0 radical (unpaired) electrons. The van der Waals surface area contributed by atoms with Gasteiger partial charge in [-0.05, 0) is 43.4 Å². The van der Waals surface area contributed by atoms with Crippen LogP contribution in [0.2, 0.25) is 0 Å². The predicted molar refractivity (Wildman–Crippen MR) is 80.5 cm³/mol. The van der Waals surface area contributed by atoms with Crippen molar-refractivity contribution in [2.75, 3.05) is 13.2 Å². The van der Waals surface area contributed by atoms with Crippen LogP contribution < -0.4 is 5.32 Å². The van der Waals surface area contributed by atoms with Gasteiger partial charge in [-0.15, -0.1) is 0 Å². The van der Waals surface area contributed by atoms with Crippen molar-refractivity contribution in [1.82, 2.24) is 5.32 Å². The van der Waals surface area contributed by atoms with Crippen molar-refractivity contribution in [1.29, 1.82) is 0 Å². The van der Waals surface area contributed by atoms with Gasteiger partial charge in [0.1, 0.15) is 0 Å². The molecule has 106 valence electrons. The van der Waals surface area contributed by atoms with Gasteiger partial charge in [-0.25, -0.2) is 0 Å². The van der Waals surface area contributed by atoms with Gasteiger partial charge in [-0.3, -0.25) is 0 Å². The van der Waals surface area contributed by atoms with Gasteiger partial charge < -0.3 is 10.1 Å². The van der Waals surface area contributed by atoms with Crippen LogP contribution in [-0.2, 0) is 10.3 Å². The number of hydrogen-bond acceptors (Lipinski definition) is 2. The van der Waals surface area contributed by atoms with Crippen molar-refractivity contribution in [2.45, 2.75) is 58.1 Å². The fourth-order valence-electron chi connectivity index (χ4n) is 2.94. The van der Waals surface area contributed by atoms with Crippen LogP contribution in [0.15, 0.2) is 24.3 Å². The second-order valence-electron chi connectivity index (χ2n) is 6.10. The molecule has 0 spiro atoms. The van der Waals surface area contributed by atoms with Crippen molar-refractivity contribution in [3.63, 3.8) is 0 Å². The zero-order valence-corrected chi connectivity index (χ0v) is 12.7. The molecule has 1 aliphatic rings. The van der Waals surface area contributed by atoms with Crippen LogP contribution in [0.4, 0.5) is 0 Å². The van der Waals surface area contributed by atoms with Crippen molar-refractivity contribution < 1.29 is 4.74 Å². The van der Waals surface area contributed by atoms with Gasteiger partial charge in [-0.1, -0.05) is 45.0 Å². The monoisotopic (exact) mass is 261 g/mol. The molecule has 19 heavy (non-hydrogen) atoms. The van der Waals surface area contributed by atoms with E-state index < -0.39 is 0 Å². The first-order chi connectivity index (χ1) is 9.05. The standard InChI is InChI=1S/C17H27NO/c1-5-18-16-10-11-19-17(4,12-16)15-8-6-14(7-9-15)13(2)3/h6-9,13,16,18H,5,10-12H2,1-4H3. The van der Waals surface area contributed by atoms with Crippen molar-refractivity contribution in [3.05, 3.63) is 35.4 Å². The quantitative estimate of drug-likeness (QED) is 0.890. The second-order valence-corrected chi connectivity index (χ2v) is 6.10. The molecule has 1 aromatic rings. The molecule has 1 N–H and O–H groups in total. The number of ether oxygens (including phenoxy) is 1. The lowest BCUT2D eigenvalue weighted by Gasteiger charge is -2.39. The summed E-state index contributed by atoms with van der Waals surface area (Å²) in [6.45, 7) is 10.7. The maximum Gasteiger partial charge on any atom is 0.0918 e. The Bertz CT molecular complexity index is 396. The highest BCUT2D eigenvalue weighted by atomic mass is 16.5. The van der Waals surface area contributed by atoms with Crippen molar-refractivity contribution in [3.8, 4) is 0 Å². The number of hydrogen-bond donors (Lipinski definition) is 1. The minimum absolute atomic E-state index is 0.138. The van der Waals surface area contributed by atoms with Gasteiger partial charge >= 0.3 is 0 Å². The van der Waals surface area contributed by atoms with Gasteiger partial charge in [0.05, 0.1) is 5.60 Å². The Morgan fingerprint density at radius 2 is 2.00 bits per heavy atom. The normalized spacial score (nSPS) is 27.7. The third kappa shape index (κ3) is 3.37. The van der Waals surface area contributed by atoms with Gasteiger partial charge in [0.15, 0.2) is 0 Å². The second kappa shape index (κ2) is 6.06. The molecule has 2 rings (SSSR count). The van der Waals surface area contributed by atoms with Crippen LogP contribution in [0, 0.1) is 0 Å². The van der Waals surface area contributed by atoms with E-state index in [0.717, 1.165) is 26.0 Å². The van der Waals surface area contributed by atoms with E-state index in [2.05, 4.69) is 57.3 Å². The fraction of sp³-hybridized carbons (Fsp3) is 0.647. The van der Waals surface area contributed by atoms with Crippen LogP contribution in [0.25, 0.3) is 0 Å². The molecule has 1 fully saturated rings. The zero-order valence-electron chi connectivity index (χ0n) is 12.7. The molecule has 0 bridgehead atoms. The molecule has 2 unspecified atom stereocenters. The highest BCUT2D eigenvalue weighted by Crippen LogP contribution is 2.35. The number of nitrogens with one attached hydrogen (secondary N) is 1. The van der Waals surface area contributed by atoms with E-state index >= 15 is 0 Å². The first-order valence-electron chi connectivity index (χ1n) is 7.53. The lowest BCUT2D eigenvalue weighted by Crippen LogP contribution is -2.43. The fourth-order valence-corrected chi connectivity index (χ4v) is 2.94. The highest BCUT2D eigenvalue weighted by molar-refractivity contribution is 5.29. The van der Waals surface area contributed by atoms with E-state index in [1.54, 1.807) is 0 Å². The summed E-state index contributed by atoms with van der Waals surface area (Å²) in [6, 6.07) is 9.54. The molecule has 2 nitrogen and oxygen atoms in total. The minimum Gasteiger partial charge on any atom is -0.370 e. The smallest absolute Gasteiger partial charge is 0.0918 e. The Labute approximate surface area is 117 Å². The van der Waals surface area contributed by atoms with E-state index in [0.29, 0.717) is 12.0 Å². The van der Waals surface area contributed by atoms with Crippen molar-refractivity contribution in [2.24, 2.45) is 0 Å². The molecule has 2 atom stereocenters. The van der Waals surface area contributed by atoms with Crippen molar-refractivity contribution >= 4 is 0 Å². The maximum atomic E-state index is 6.09. The lowest BCUT2D eigenvalue weighted by atomic mass is 9.85. The van der Waals surface area contributed by atoms with Crippen LogP contribution in [0.1, 0.15) is 57.6 Å². The molecule has 1 heterocycles. The van der Waals surface area contributed by atoms with Crippen LogP contribution in [0.3, 0.4) is 0 Å². The summed E-state index contributed by atoms with van der Waals surface area (Å²) in [5.41, 5.74) is 2.56. The summed E-state index contributed by atoms with van der Waals surface area (Å²) >= 11 is 0. The Morgan fingerprint density at radius 1 is 1.32 bits per heavy atom. The zero-order chi connectivity index (χ0) is 13.9. The summed E-state index contributed by atoms with van der Waals surface area (Å²) in [5, 5.41) is 3.56. The maximum absolute atomic E-state index is 6.09. The average molecular weight is 261 g/mol. The predicted octanol–water partition coefficient (Wildman–Crippen LogP) is 3.81. The topological polar surface area (TPSA) is 21.3 Å². The van der Waals surface area contributed by atoms with Gasteiger partial charge in [0, 0.05) is 12.6 Å². The van der Waals surface area contributed by atoms with Gasteiger partial charge in [0.25, 0.3) is 0 Å². The summed E-state index contributed by atoms with van der Waals surface area (Å²) in [7, 11) is 0. The first-order valence-corrected chi connectivity index (χ1v) is 7.53. The largest absolute Gasteiger partial charge is 0.370 e. The Morgan fingerprint density at radius 3 is 2.58 bits per heavy atom. The van der Waals surface area contributed by atoms with E-state index in [4.69, 9.17) is 4.74 Å². The molecule has 0 saturated carbocycles. The molecule has 1 saturated heterocycles. The highest BCUT2D eigenvalue weighted by Gasteiger charge is 2.34. The molecule has 2 heteroatoms. The summed E-state index contributed by atoms with van der Waals surface area (Å²) in [4.78, 5) is 0. The lowest BCUT2D eigenvalue weighted by molar-refractivity contribution is -0.0810. The molecular formula is C17H27NO. The number of rotatable bonds is 4. The first kappa shape index (κ1) is 14.5. The third-order valence-corrected chi connectivity index (χ3v) is 4.20. The molecule has 1 aromatic carbocycles. The third-order valence-electron chi connectivity index (χ3n) is 4.20. The molecular weight excluding hydrogens is 234 g/mol. The number of benzene rings is 1. The van der Waals surface area contributed by atoms with E-state index in [1.807, 2.05) is 0 Å². The SMILES string of the molecule is CCNC1CCOC(C)(c2ccc(C(C)C)cc2)C1. The van der Waals surface area contributed by atoms with E-state index in [1.165, 1.54) is 11.1 Å². The molecule has 0 aliphatic carbocycles. The molecule has 0 aromatic heterocycles. The van der Waals surface area contributed by atoms with E-state index in [9.17, 15) is 0 Å². The summed E-state index contributed by atoms with van der Waals surface area (Å²) in [5.74, 6) is 0.587. The van der Waals surface area contributed by atoms with Gasteiger partial charge in [-0.2, -0.15) is 0 Å². The molecule has 0 amide bonds. The summed E-state index contributed by atoms with van der Waals surface area (Å²) < 4.78 is 6.09. The summed E-state index contributed by atoms with van der Waals surface area (Å²) in [6.07, 6.45) is 2.18. The Hall–Kier alpha value is -0.860. The van der Waals surface area contributed by atoms with Gasteiger partial charge in [0.2, 0.25) is 0 Å². The van der Waals surface area contributed by atoms with E-state index in [-0.39, 0.29) is 5.60 Å². The van der Waals surface area contributed by atoms with Crippen LogP contribution in [-0.4, -0.2) is 19.2 Å². The molecule has 1 aliphatic heterocycles. The van der Waals surface area contributed by atoms with Crippen LogP contribution in [0.5, 0.6) is 0 Å². The minimum atomic E-state index is -0.138. The average Bonchev–Trinajstić information content (AvgIpc) is 2.39.